The summed E-state index contributed by atoms with van der Waals surface area (Å²) in [5, 5.41) is 2.83. The van der Waals surface area contributed by atoms with Crippen LogP contribution in [0.4, 0.5) is 0 Å². The van der Waals surface area contributed by atoms with Gasteiger partial charge in [-0.1, -0.05) is 12.1 Å². The summed E-state index contributed by atoms with van der Waals surface area (Å²) in [6.45, 7) is 2.24. The minimum Gasteiger partial charge on any atom is -0.462 e. The van der Waals surface area contributed by atoms with Gasteiger partial charge in [0, 0.05) is 13.1 Å². The number of fused-ring (bicyclic) bond motifs is 1. The van der Waals surface area contributed by atoms with Crippen molar-refractivity contribution in [2.45, 2.75) is 13.5 Å². The minimum atomic E-state index is -0.180. The van der Waals surface area contributed by atoms with E-state index in [9.17, 15) is 4.79 Å². The summed E-state index contributed by atoms with van der Waals surface area (Å²) in [5.74, 6) is 2.12. The Hall–Kier alpha value is -2.82. The average molecular weight is 295 g/mol. The van der Waals surface area contributed by atoms with Crippen LogP contribution in [0.2, 0.25) is 0 Å². The predicted octanol–water partition coefficient (Wildman–Crippen LogP) is 2.80. The van der Waals surface area contributed by atoms with E-state index in [1.807, 2.05) is 54.9 Å². The lowest BCUT2D eigenvalue weighted by Crippen LogP contribution is -2.22. The molecule has 1 aromatic carbocycles. The summed E-state index contributed by atoms with van der Waals surface area (Å²) in [4.78, 5) is 16.4. The third-order valence-electron chi connectivity index (χ3n) is 3.46. The molecule has 0 fully saturated rings. The molecule has 1 N–H and O–H groups in total. The van der Waals surface area contributed by atoms with Crippen LogP contribution < -0.4 is 5.32 Å². The van der Waals surface area contributed by atoms with Crippen LogP contribution in [-0.2, 0) is 18.4 Å². The van der Waals surface area contributed by atoms with Gasteiger partial charge in [0.25, 0.3) is 0 Å². The van der Waals surface area contributed by atoms with Crippen LogP contribution in [0.25, 0.3) is 17.1 Å². The van der Waals surface area contributed by atoms with Gasteiger partial charge in [-0.05, 0) is 37.3 Å². The van der Waals surface area contributed by atoms with Crippen molar-refractivity contribution in [2.24, 2.45) is 7.05 Å². The van der Waals surface area contributed by atoms with Crippen molar-refractivity contribution in [1.29, 1.82) is 0 Å². The Balaban J connectivity index is 1.65. The molecule has 0 saturated carbocycles. The molecule has 0 radical (unpaired) electrons. The smallest absolute Gasteiger partial charge is 0.244 e. The van der Waals surface area contributed by atoms with Gasteiger partial charge in [-0.2, -0.15) is 0 Å². The molecule has 112 valence electrons. The van der Waals surface area contributed by atoms with Gasteiger partial charge in [-0.3, -0.25) is 4.79 Å². The zero-order valence-corrected chi connectivity index (χ0v) is 12.5. The first-order valence-electron chi connectivity index (χ1n) is 7.06. The molecule has 3 rings (SSSR count). The maximum atomic E-state index is 11.8. The third kappa shape index (κ3) is 2.93. The Morgan fingerprint density at radius 1 is 1.32 bits per heavy atom. The lowest BCUT2D eigenvalue weighted by molar-refractivity contribution is -0.116. The summed E-state index contributed by atoms with van der Waals surface area (Å²) >= 11 is 0. The fourth-order valence-electron chi connectivity index (χ4n) is 2.28. The maximum absolute atomic E-state index is 11.8. The molecular formula is C17H17N3O2. The highest BCUT2D eigenvalue weighted by Crippen LogP contribution is 2.14. The summed E-state index contributed by atoms with van der Waals surface area (Å²) in [7, 11) is 1.94. The molecule has 0 bridgehead atoms. The number of nitrogens with zero attached hydrogens (tertiary/aromatic N) is 2. The van der Waals surface area contributed by atoms with E-state index in [-0.39, 0.29) is 5.91 Å². The zero-order chi connectivity index (χ0) is 15.5. The Labute approximate surface area is 128 Å². The summed E-state index contributed by atoms with van der Waals surface area (Å²) < 4.78 is 7.35. The number of aryl methyl sites for hydroxylation is 2. The van der Waals surface area contributed by atoms with Crippen molar-refractivity contribution in [2.75, 3.05) is 0 Å². The number of aromatic nitrogens is 2. The maximum Gasteiger partial charge on any atom is 0.244 e. The first-order valence-corrected chi connectivity index (χ1v) is 7.06. The second kappa shape index (κ2) is 5.89. The summed E-state index contributed by atoms with van der Waals surface area (Å²) in [5.41, 5.74) is 1.98. The molecule has 0 aliphatic carbocycles. The predicted molar refractivity (Wildman–Crippen MR) is 85.0 cm³/mol. The molecule has 0 spiro atoms. The fraction of sp³-hybridized carbons (Fsp3) is 0.176. The molecule has 5 nitrogen and oxygen atoms in total. The number of furan rings is 1. The van der Waals surface area contributed by atoms with Gasteiger partial charge >= 0.3 is 0 Å². The van der Waals surface area contributed by atoms with E-state index in [1.54, 1.807) is 6.08 Å². The van der Waals surface area contributed by atoms with Gasteiger partial charge in [0.15, 0.2) is 0 Å². The Kier molecular flexibility index (Phi) is 3.78. The molecule has 0 atom stereocenters. The highest BCUT2D eigenvalue weighted by molar-refractivity contribution is 5.91. The van der Waals surface area contributed by atoms with Gasteiger partial charge in [0.05, 0.1) is 17.6 Å². The Morgan fingerprint density at radius 3 is 2.86 bits per heavy atom. The van der Waals surface area contributed by atoms with E-state index < -0.39 is 0 Å². The third-order valence-corrected chi connectivity index (χ3v) is 3.46. The van der Waals surface area contributed by atoms with E-state index in [0.29, 0.717) is 12.3 Å². The molecule has 3 aromatic rings. The largest absolute Gasteiger partial charge is 0.462 e. The van der Waals surface area contributed by atoms with Gasteiger partial charge in [-0.25, -0.2) is 4.98 Å². The number of carbonyl (C=O) groups excluding carboxylic acids is 1. The lowest BCUT2D eigenvalue weighted by Gasteiger charge is -2.03. The Bertz CT molecular complexity index is 843. The monoisotopic (exact) mass is 295 g/mol. The van der Waals surface area contributed by atoms with Crippen molar-refractivity contribution >= 4 is 23.0 Å². The molecule has 2 aromatic heterocycles. The molecule has 2 heterocycles. The number of nitrogens with one attached hydrogen (secondary N) is 1. The van der Waals surface area contributed by atoms with Crippen molar-refractivity contribution in [1.82, 2.24) is 14.9 Å². The SMILES string of the molecule is Cc1ccc(/C=C/C(=O)NCc2nc3ccccc3n2C)o1. The van der Waals surface area contributed by atoms with Crippen LogP contribution in [0, 0.1) is 6.92 Å². The van der Waals surface area contributed by atoms with Gasteiger partial charge in [0.2, 0.25) is 5.91 Å². The average Bonchev–Trinajstić information content (AvgIpc) is 3.07. The van der Waals surface area contributed by atoms with Crippen LogP contribution in [0.1, 0.15) is 17.3 Å². The first-order chi connectivity index (χ1) is 10.6. The second-order valence-electron chi connectivity index (χ2n) is 5.08. The second-order valence-corrected chi connectivity index (χ2v) is 5.08. The standard InChI is InChI=1S/C17H17N3O2/c1-12-7-8-13(22-12)9-10-17(21)18-11-16-19-14-5-3-4-6-15(14)20(16)2/h3-10H,11H2,1-2H3,(H,18,21)/b10-9+. The minimum absolute atomic E-state index is 0.180. The van der Waals surface area contributed by atoms with Crippen molar-refractivity contribution in [3.8, 4) is 0 Å². The van der Waals surface area contributed by atoms with Crippen LogP contribution in [0.15, 0.2) is 46.9 Å². The molecule has 0 saturated heterocycles. The first kappa shape index (κ1) is 14.1. The quantitative estimate of drug-likeness (QED) is 0.753. The normalized spacial score (nSPS) is 11.4. The topological polar surface area (TPSA) is 60.1 Å². The van der Waals surface area contributed by atoms with E-state index >= 15 is 0 Å². The fourth-order valence-corrected chi connectivity index (χ4v) is 2.28. The number of hydrogen-bond acceptors (Lipinski definition) is 3. The van der Waals surface area contributed by atoms with Gasteiger partial charge in [0.1, 0.15) is 17.3 Å². The Morgan fingerprint density at radius 2 is 2.14 bits per heavy atom. The number of benzene rings is 1. The number of carbonyl (C=O) groups is 1. The summed E-state index contributed by atoms with van der Waals surface area (Å²) in [6.07, 6.45) is 3.11. The van der Waals surface area contributed by atoms with E-state index in [4.69, 9.17) is 4.42 Å². The van der Waals surface area contributed by atoms with Gasteiger partial charge < -0.3 is 14.3 Å². The van der Waals surface area contributed by atoms with Crippen molar-refractivity contribution in [3.63, 3.8) is 0 Å². The van der Waals surface area contributed by atoms with Crippen LogP contribution in [0.5, 0.6) is 0 Å². The number of para-hydroxylation sites is 2. The molecule has 22 heavy (non-hydrogen) atoms. The van der Waals surface area contributed by atoms with Crippen molar-refractivity contribution in [3.05, 3.63) is 59.8 Å². The molecule has 0 aliphatic rings. The number of imidazole rings is 1. The summed E-state index contributed by atoms with van der Waals surface area (Å²) in [6, 6.07) is 11.6. The number of amides is 1. The highest BCUT2D eigenvalue weighted by atomic mass is 16.3. The number of rotatable bonds is 4. The van der Waals surface area contributed by atoms with Crippen LogP contribution in [0.3, 0.4) is 0 Å². The lowest BCUT2D eigenvalue weighted by atomic mass is 10.3. The molecule has 5 heteroatoms. The van der Waals surface area contributed by atoms with E-state index in [1.165, 1.54) is 6.08 Å². The molecular weight excluding hydrogens is 278 g/mol. The molecule has 1 amide bonds. The van der Waals surface area contributed by atoms with Gasteiger partial charge in [-0.15, -0.1) is 0 Å². The van der Waals surface area contributed by atoms with Crippen molar-refractivity contribution < 1.29 is 9.21 Å². The highest BCUT2D eigenvalue weighted by Gasteiger charge is 2.07. The zero-order valence-electron chi connectivity index (χ0n) is 12.5. The number of hydrogen-bond donors (Lipinski definition) is 1. The van der Waals surface area contributed by atoms with Crippen LogP contribution >= 0.6 is 0 Å². The molecule has 0 aliphatic heterocycles. The van der Waals surface area contributed by atoms with E-state index in [2.05, 4.69) is 10.3 Å². The molecule has 0 unspecified atom stereocenters. The van der Waals surface area contributed by atoms with E-state index in [0.717, 1.165) is 22.6 Å². The van der Waals surface area contributed by atoms with Crippen LogP contribution in [-0.4, -0.2) is 15.5 Å².